The van der Waals surface area contributed by atoms with Gasteiger partial charge in [-0.3, -0.25) is 9.59 Å². The third-order valence-electron chi connectivity index (χ3n) is 7.16. The van der Waals surface area contributed by atoms with E-state index >= 15 is 0 Å². The zero-order valence-electron chi connectivity index (χ0n) is 20.7. The van der Waals surface area contributed by atoms with Gasteiger partial charge in [-0.25, -0.2) is 0 Å². The predicted octanol–water partition coefficient (Wildman–Crippen LogP) is 6.31. The number of likely N-dealkylation sites (N-methyl/N-ethyl adjacent to an activating group) is 1. The van der Waals surface area contributed by atoms with E-state index in [2.05, 4.69) is 40.0 Å². The monoisotopic (exact) mass is 600 g/mol. The highest BCUT2D eigenvalue weighted by Crippen LogP contribution is 2.50. The summed E-state index contributed by atoms with van der Waals surface area (Å²) >= 11 is 2.35. The first kappa shape index (κ1) is 25.2. The van der Waals surface area contributed by atoms with Gasteiger partial charge in [-0.15, -0.1) is 0 Å². The number of nitrogens with one attached hydrogen (secondary N) is 1. The van der Waals surface area contributed by atoms with Crippen LogP contribution < -0.4 is 5.32 Å². The first-order valence-corrected chi connectivity index (χ1v) is 13.6. The summed E-state index contributed by atoms with van der Waals surface area (Å²) in [4.78, 5) is 30.5. The third-order valence-corrected chi connectivity index (χ3v) is 8.21. The first-order chi connectivity index (χ1) is 18.1. The molecule has 37 heavy (non-hydrogen) atoms. The molecule has 0 saturated heterocycles. The molecule has 1 aliphatic heterocycles. The van der Waals surface area contributed by atoms with Crippen molar-refractivity contribution >= 4 is 34.4 Å². The summed E-state index contributed by atoms with van der Waals surface area (Å²) in [6, 6.07) is 35.3. The molecule has 4 aromatic rings. The summed E-state index contributed by atoms with van der Waals surface area (Å²) < 4.78 is 1.10. The van der Waals surface area contributed by atoms with Crippen LogP contribution in [0.5, 0.6) is 0 Å². The number of carbonyl (C=O) groups is 2. The Morgan fingerprint density at radius 2 is 1.49 bits per heavy atom. The van der Waals surface area contributed by atoms with E-state index in [0.29, 0.717) is 25.1 Å². The molecule has 4 aromatic carbocycles. The van der Waals surface area contributed by atoms with E-state index in [-0.39, 0.29) is 11.8 Å². The molecule has 1 N–H and O–H groups in total. The lowest BCUT2D eigenvalue weighted by atomic mass is 9.63. The summed E-state index contributed by atoms with van der Waals surface area (Å²) in [5, 5.41) is 3.16. The van der Waals surface area contributed by atoms with E-state index in [1.165, 1.54) is 0 Å². The van der Waals surface area contributed by atoms with Crippen LogP contribution in [0, 0.1) is 3.57 Å². The van der Waals surface area contributed by atoms with E-state index < -0.39 is 11.5 Å². The zero-order chi connectivity index (χ0) is 25.8. The second kappa shape index (κ2) is 10.9. The van der Waals surface area contributed by atoms with E-state index in [0.717, 1.165) is 25.8 Å². The van der Waals surface area contributed by atoms with E-state index in [1.807, 2.05) is 109 Å². The standard InChI is InChI=1S/C32H29IN2O2/c1-2-34-31(37)32(21-25-17-9-12-20-28(25)33)27-19-11-10-18-26(27)30(36)35(22-23-13-5-3-6-14-23)29(32)24-15-7-4-8-16-24/h3-20,29H,2,21-22H2,1H3,(H,34,37)/t29?,32-/m0/s1. The minimum absolute atomic E-state index is 0.0593. The van der Waals surface area contributed by atoms with Gasteiger partial charge in [-0.1, -0.05) is 97.1 Å². The number of benzene rings is 4. The molecular formula is C32H29IN2O2. The molecule has 186 valence electrons. The molecule has 0 radical (unpaired) electrons. The highest BCUT2D eigenvalue weighted by Gasteiger charge is 2.56. The number of amides is 2. The van der Waals surface area contributed by atoms with Crippen molar-refractivity contribution in [1.29, 1.82) is 0 Å². The molecule has 2 amide bonds. The van der Waals surface area contributed by atoms with Crippen LogP contribution in [-0.2, 0) is 23.2 Å². The van der Waals surface area contributed by atoms with Gasteiger partial charge in [-0.2, -0.15) is 0 Å². The number of nitrogens with zero attached hydrogens (tertiary/aromatic N) is 1. The maximum absolute atomic E-state index is 14.4. The molecule has 1 aliphatic rings. The number of hydrogen-bond donors (Lipinski definition) is 1. The predicted molar refractivity (Wildman–Crippen MR) is 155 cm³/mol. The maximum Gasteiger partial charge on any atom is 0.255 e. The van der Waals surface area contributed by atoms with Gasteiger partial charge >= 0.3 is 0 Å². The van der Waals surface area contributed by atoms with E-state index in [9.17, 15) is 9.59 Å². The van der Waals surface area contributed by atoms with Crippen LogP contribution in [0.4, 0.5) is 0 Å². The normalized spacial score (nSPS) is 18.8. The van der Waals surface area contributed by atoms with Crippen molar-refractivity contribution in [3.05, 3.63) is 141 Å². The molecule has 0 spiro atoms. The van der Waals surface area contributed by atoms with Crippen molar-refractivity contribution in [3.63, 3.8) is 0 Å². The van der Waals surface area contributed by atoms with Crippen molar-refractivity contribution in [1.82, 2.24) is 10.2 Å². The van der Waals surface area contributed by atoms with Crippen LogP contribution in [0.25, 0.3) is 0 Å². The van der Waals surface area contributed by atoms with Crippen molar-refractivity contribution in [2.75, 3.05) is 6.54 Å². The molecular weight excluding hydrogens is 571 g/mol. The Kier molecular flexibility index (Phi) is 7.42. The molecule has 0 aromatic heterocycles. The van der Waals surface area contributed by atoms with Crippen LogP contribution in [0.15, 0.2) is 109 Å². The lowest BCUT2D eigenvalue weighted by Crippen LogP contribution is -2.59. The first-order valence-electron chi connectivity index (χ1n) is 12.6. The van der Waals surface area contributed by atoms with Crippen molar-refractivity contribution in [2.45, 2.75) is 31.3 Å². The average molecular weight is 601 g/mol. The van der Waals surface area contributed by atoms with Crippen molar-refractivity contribution in [3.8, 4) is 0 Å². The van der Waals surface area contributed by atoms with Crippen LogP contribution in [-0.4, -0.2) is 23.3 Å². The second-order valence-electron chi connectivity index (χ2n) is 9.38. The van der Waals surface area contributed by atoms with Crippen molar-refractivity contribution in [2.24, 2.45) is 0 Å². The quantitative estimate of drug-likeness (QED) is 0.253. The van der Waals surface area contributed by atoms with Crippen LogP contribution >= 0.6 is 22.6 Å². The highest BCUT2D eigenvalue weighted by molar-refractivity contribution is 14.1. The van der Waals surface area contributed by atoms with Gasteiger partial charge in [0.05, 0.1) is 6.04 Å². The number of fused-ring (bicyclic) bond motifs is 1. The maximum atomic E-state index is 14.4. The van der Waals surface area contributed by atoms with Crippen LogP contribution in [0.1, 0.15) is 45.6 Å². The number of carbonyl (C=O) groups excluding carboxylic acids is 2. The fraction of sp³-hybridized carbons (Fsp3) is 0.188. The summed E-state index contributed by atoms with van der Waals surface area (Å²) in [5.41, 5.74) is 3.39. The fourth-order valence-corrected chi connectivity index (χ4v) is 6.14. The Hall–Kier alpha value is -3.45. The Bertz CT molecular complexity index is 1410. The molecule has 1 unspecified atom stereocenters. The van der Waals surface area contributed by atoms with E-state index in [1.54, 1.807) is 0 Å². The van der Waals surface area contributed by atoms with Gasteiger partial charge in [0.25, 0.3) is 5.91 Å². The SMILES string of the molecule is CCNC(=O)[C@@]1(Cc2ccccc2I)c2ccccc2C(=O)N(Cc2ccccc2)C1c1ccccc1. The molecule has 2 atom stereocenters. The smallest absolute Gasteiger partial charge is 0.255 e. The van der Waals surface area contributed by atoms with Crippen LogP contribution in [0.3, 0.4) is 0 Å². The summed E-state index contributed by atoms with van der Waals surface area (Å²) in [6.07, 6.45) is 0.465. The number of hydrogen-bond acceptors (Lipinski definition) is 2. The van der Waals surface area contributed by atoms with Crippen molar-refractivity contribution < 1.29 is 9.59 Å². The molecule has 0 fully saturated rings. The topological polar surface area (TPSA) is 49.4 Å². The van der Waals surface area contributed by atoms with Gasteiger partial charge < -0.3 is 10.2 Å². The Labute approximate surface area is 231 Å². The summed E-state index contributed by atoms with van der Waals surface area (Å²) in [5.74, 6) is -0.127. The molecule has 4 nitrogen and oxygen atoms in total. The molecule has 5 rings (SSSR count). The Balaban J connectivity index is 1.82. The highest BCUT2D eigenvalue weighted by atomic mass is 127. The minimum Gasteiger partial charge on any atom is -0.356 e. The largest absolute Gasteiger partial charge is 0.356 e. The fourth-order valence-electron chi connectivity index (χ4n) is 5.57. The molecule has 1 heterocycles. The van der Waals surface area contributed by atoms with Crippen LogP contribution in [0.2, 0.25) is 0 Å². The second-order valence-corrected chi connectivity index (χ2v) is 10.5. The lowest BCUT2D eigenvalue weighted by Gasteiger charge is -2.50. The summed E-state index contributed by atoms with van der Waals surface area (Å²) in [6.45, 7) is 2.85. The zero-order valence-corrected chi connectivity index (χ0v) is 22.9. The average Bonchev–Trinajstić information content (AvgIpc) is 2.93. The summed E-state index contributed by atoms with van der Waals surface area (Å²) in [7, 11) is 0. The Morgan fingerprint density at radius 3 is 2.19 bits per heavy atom. The molecule has 0 saturated carbocycles. The van der Waals surface area contributed by atoms with Gasteiger partial charge in [0.2, 0.25) is 5.91 Å². The lowest BCUT2D eigenvalue weighted by molar-refractivity contribution is -0.130. The van der Waals surface area contributed by atoms with Gasteiger partial charge in [-0.05, 0) is 70.3 Å². The van der Waals surface area contributed by atoms with Gasteiger partial charge in [0.1, 0.15) is 5.41 Å². The molecule has 0 bridgehead atoms. The molecule has 0 aliphatic carbocycles. The van der Waals surface area contributed by atoms with Gasteiger partial charge in [0.15, 0.2) is 0 Å². The third kappa shape index (κ3) is 4.68. The van der Waals surface area contributed by atoms with E-state index in [4.69, 9.17) is 0 Å². The minimum atomic E-state index is -1.03. The Morgan fingerprint density at radius 1 is 0.865 bits per heavy atom. The number of rotatable bonds is 7. The number of halogens is 1. The van der Waals surface area contributed by atoms with Gasteiger partial charge in [0, 0.05) is 22.2 Å². The molecule has 5 heteroatoms.